The highest BCUT2D eigenvalue weighted by Crippen LogP contribution is 2.33. The number of hydrogen-bond acceptors (Lipinski definition) is 6. The third-order valence-electron chi connectivity index (χ3n) is 7.27. The molecule has 6 heteroatoms. The molecular formula is C39H34N2O4. The first-order valence-corrected chi connectivity index (χ1v) is 14.5. The molecule has 0 aliphatic heterocycles. The fraction of sp³-hybridized carbons (Fsp3) is 0.0769. The highest BCUT2D eigenvalue weighted by Gasteiger charge is 2.13. The van der Waals surface area contributed by atoms with E-state index in [0.29, 0.717) is 18.0 Å². The highest BCUT2D eigenvalue weighted by molar-refractivity contribution is 5.84. The van der Waals surface area contributed by atoms with Gasteiger partial charge >= 0.3 is 11.9 Å². The fourth-order valence-corrected chi connectivity index (χ4v) is 4.86. The molecule has 0 heterocycles. The van der Waals surface area contributed by atoms with Crippen molar-refractivity contribution in [2.75, 3.05) is 23.9 Å². The van der Waals surface area contributed by atoms with E-state index in [-0.39, 0.29) is 0 Å². The van der Waals surface area contributed by atoms with Gasteiger partial charge < -0.3 is 19.3 Å². The Kier molecular flexibility index (Phi) is 9.55. The van der Waals surface area contributed by atoms with E-state index in [1.54, 1.807) is 24.3 Å². The Morgan fingerprint density at radius 1 is 0.578 bits per heavy atom. The second kappa shape index (κ2) is 14.1. The van der Waals surface area contributed by atoms with Crippen molar-refractivity contribution in [2.45, 2.75) is 6.54 Å². The van der Waals surface area contributed by atoms with E-state index in [2.05, 4.69) is 95.8 Å². The largest absolute Gasteiger partial charge is 0.423 e. The van der Waals surface area contributed by atoms with Gasteiger partial charge in [0, 0.05) is 49.9 Å². The smallest absolute Gasteiger partial charge is 0.335 e. The van der Waals surface area contributed by atoms with Crippen LogP contribution in [0.4, 0.5) is 17.1 Å². The number of benzene rings is 5. The minimum Gasteiger partial charge on any atom is -0.423 e. The van der Waals surface area contributed by atoms with Crippen LogP contribution in [0.2, 0.25) is 0 Å². The van der Waals surface area contributed by atoms with Crippen molar-refractivity contribution >= 4 is 29.0 Å². The van der Waals surface area contributed by atoms with E-state index >= 15 is 0 Å². The van der Waals surface area contributed by atoms with Gasteiger partial charge in [-0.3, -0.25) is 0 Å². The molecule has 6 nitrogen and oxygen atoms in total. The van der Waals surface area contributed by atoms with Crippen molar-refractivity contribution in [2.24, 2.45) is 0 Å². The molecule has 0 saturated heterocycles. The summed E-state index contributed by atoms with van der Waals surface area (Å²) >= 11 is 0. The molecule has 5 aromatic carbocycles. The predicted molar refractivity (Wildman–Crippen MR) is 182 cm³/mol. The Balaban J connectivity index is 1.42. The van der Waals surface area contributed by atoms with Gasteiger partial charge in [-0.05, 0) is 88.5 Å². The van der Waals surface area contributed by atoms with E-state index < -0.39 is 11.9 Å². The summed E-state index contributed by atoms with van der Waals surface area (Å²) in [5.74, 6) is -0.0228. The lowest BCUT2D eigenvalue weighted by molar-refractivity contribution is -0.129. The molecule has 0 saturated carbocycles. The zero-order chi connectivity index (χ0) is 31.8. The molecule has 5 rings (SSSR count). The number of rotatable bonds is 11. The maximum atomic E-state index is 11.5. The number of hydrogen-bond donors (Lipinski definition) is 0. The van der Waals surface area contributed by atoms with Crippen LogP contribution in [-0.4, -0.2) is 26.0 Å². The van der Waals surface area contributed by atoms with Gasteiger partial charge in [0.1, 0.15) is 11.5 Å². The molecule has 0 fully saturated rings. The molecule has 0 spiro atoms. The summed E-state index contributed by atoms with van der Waals surface area (Å²) < 4.78 is 10.4. The first-order valence-electron chi connectivity index (χ1n) is 14.5. The Bertz CT molecular complexity index is 1680. The molecule has 224 valence electrons. The van der Waals surface area contributed by atoms with Crippen LogP contribution >= 0.6 is 0 Å². The zero-order valence-corrected chi connectivity index (χ0v) is 25.4. The quantitative estimate of drug-likeness (QED) is 0.0867. The average Bonchev–Trinajstić information content (AvgIpc) is 3.08. The van der Waals surface area contributed by atoms with E-state index in [1.165, 1.54) is 5.56 Å². The minimum atomic E-state index is -0.485. The third kappa shape index (κ3) is 7.75. The zero-order valence-electron chi connectivity index (χ0n) is 25.4. The van der Waals surface area contributed by atoms with Crippen LogP contribution in [0, 0.1) is 0 Å². The summed E-state index contributed by atoms with van der Waals surface area (Å²) in [5.41, 5.74) is 8.55. The van der Waals surface area contributed by atoms with Crippen LogP contribution in [0.3, 0.4) is 0 Å². The van der Waals surface area contributed by atoms with Crippen molar-refractivity contribution in [1.82, 2.24) is 0 Å². The minimum absolute atomic E-state index is 0.474. The van der Waals surface area contributed by atoms with Crippen molar-refractivity contribution in [1.29, 1.82) is 0 Å². The molecule has 0 bridgehead atoms. The first-order chi connectivity index (χ1) is 21.8. The number of esters is 2. The number of anilines is 3. The van der Waals surface area contributed by atoms with Crippen LogP contribution < -0.4 is 19.3 Å². The van der Waals surface area contributed by atoms with Gasteiger partial charge in [-0.2, -0.15) is 0 Å². The molecule has 5 aromatic rings. The molecular weight excluding hydrogens is 560 g/mol. The van der Waals surface area contributed by atoms with Crippen LogP contribution in [0.5, 0.6) is 11.5 Å². The Labute approximate surface area is 264 Å². The monoisotopic (exact) mass is 594 g/mol. The van der Waals surface area contributed by atoms with Crippen molar-refractivity contribution in [3.05, 3.63) is 152 Å². The standard InChI is InChI=1S/C39H34N2O4/c1-5-38(42)44-36-22-14-31(15-23-36)29-10-18-33(19-11-29)41(27-28-8-7-9-35(26-28)40(3)4)34-20-12-30(13-21-34)32-16-24-37(25-17-32)45-39(43)6-2/h5-26H,1-2,27H2,3-4H3. The first kappa shape index (κ1) is 30.6. The van der Waals surface area contributed by atoms with Gasteiger partial charge in [-0.15, -0.1) is 0 Å². The molecule has 0 aliphatic rings. The Morgan fingerprint density at radius 2 is 0.978 bits per heavy atom. The summed E-state index contributed by atoms with van der Waals surface area (Å²) in [6.07, 6.45) is 2.29. The van der Waals surface area contributed by atoms with E-state index in [1.807, 2.05) is 38.4 Å². The lowest BCUT2D eigenvalue weighted by Gasteiger charge is -2.26. The maximum Gasteiger partial charge on any atom is 0.335 e. The second-order valence-electron chi connectivity index (χ2n) is 10.5. The van der Waals surface area contributed by atoms with Crippen LogP contribution in [0.1, 0.15) is 5.56 Å². The molecule has 0 unspecified atom stereocenters. The normalized spacial score (nSPS) is 10.4. The summed E-state index contributed by atoms with van der Waals surface area (Å²) in [5, 5.41) is 0. The van der Waals surface area contributed by atoms with Crippen LogP contribution in [0.15, 0.2) is 147 Å². The van der Waals surface area contributed by atoms with Gasteiger partial charge in [0.05, 0.1) is 0 Å². The lowest BCUT2D eigenvalue weighted by Crippen LogP contribution is -2.17. The molecule has 0 aliphatic carbocycles. The van der Waals surface area contributed by atoms with Gasteiger partial charge in [0.15, 0.2) is 0 Å². The van der Waals surface area contributed by atoms with Crippen molar-refractivity contribution in [3.8, 4) is 33.8 Å². The van der Waals surface area contributed by atoms with Gasteiger partial charge in [-0.25, -0.2) is 9.59 Å². The average molecular weight is 595 g/mol. The van der Waals surface area contributed by atoms with E-state index in [9.17, 15) is 9.59 Å². The Hall–Kier alpha value is -5.88. The molecule has 0 atom stereocenters. The Morgan fingerprint density at radius 3 is 1.36 bits per heavy atom. The molecule has 0 aromatic heterocycles. The summed E-state index contributed by atoms with van der Waals surface area (Å²) in [6, 6.07) is 40.2. The number of nitrogens with zero attached hydrogens (tertiary/aromatic N) is 2. The number of ether oxygens (including phenoxy) is 2. The molecule has 0 radical (unpaired) electrons. The number of carbonyl (C=O) groups is 2. The summed E-state index contributed by atoms with van der Waals surface area (Å²) in [6.45, 7) is 7.55. The van der Waals surface area contributed by atoms with Crippen LogP contribution in [-0.2, 0) is 16.1 Å². The third-order valence-corrected chi connectivity index (χ3v) is 7.27. The lowest BCUT2D eigenvalue weighted by atomic mass is 10.0. The van der Waals surface area contributed by atoms with E-state index in [0.717, 1.165) is 51.5 Å². The van der Waals surface area contributed by atoms with Crippen molar-refractivity contribution < 1.29 is 19.1 Å². The highest BCUT2D eigenvalue weighted by atomic mass is 16.5. The van der Waals surface area contributed by atoms with Gasteiger partial charge in [-0.1, -0.05) is 73.8 Å². The molecule has 45 heavy (non-hydrogen) atoms. The van der Waals surface area contributed by atoms with Crippen LogP contribution in [0.25, 0.3) is 22.3 Å². The molecule has 0 amide bonds. The SMILES string of the molecule is C=CC(=O)Oc1ccc(-c2ccc(N(Cc3cccc(N(C)C)c3)c3ccc(-c4ccc(OC(=O)C=C)cc4)cc3)cc2)cc1. The van der Waals surface area contributed by atoms with Gasteiger partial charge in [0.2, 0.25) is 0 Å². The maximum absolute atomic E-state index is 11.5. The summed E-state index contributed by atoms with van der Waals surface area (Å²) in [7, 11) is 4.08. The number of carbonyl (C=O) groups excluding carboxylic acids is 2. The molecule has 0 N–H and O–H groups in total. The summed E-state index contributed by atoms with van der Waals surface area (Å²) in [4.78, 5) is 27.4. The second-order valence-corrected chi connectivity index (χ2v) is 10.5. The predicted octanol–water partition coefficient (Wildman–Crippen LogP) is 8.61. The van der Waals surface area contributed by atoms with Gasteiger partial charge in [0.25, 0.3) is 0 Å². The van der Waals surface area contributed by atoms with Crippen molar-refractivity contribution in [3.63, 3.8) is 0 Å². The van der Waals surface area contributed by atoms with E-state index in [4.69, 9.17) is 9.47 Å². The fourth-order valence-electron chi connectivity index (χ4n) is 4.86. The topological polar surface area (TPSA) is 59.1 Å².